The van der Waals surface area contributed by atoms with E-state index in [0.29, 0.717) is 32.4 Å². The van der Waals surface area contributed by atoms with E-state index in [-0.39, 0.29) is 36.1 Å². The maximum Gasteiger partial charge on any atom is 0.305 e. The van der Waals surface area contributed by atoms with Crippen LogP contribution in [0.3, 0.4) is 0 Å². The summed E-state index contributed by atoms with van der Waals surface area (Å²) in [6.07, 6.45) is 1.84. The number of amides is 2. The summed E-state index contributed by atoms with van der Waals surface area (Å²) in [7, 11) is 0. The van der Waals surface area contributed by atoms with Crippen LogP contribution in [0.15, 0.2) is 0 Å². The van der Waals surface area contributed by atoms with E-state index in [1.807, 2.05) is 25.7 Å². The molecule has 0 aromatic heterocycles. The van der Waals surface area contributed by atoms with Gasteiger partial charge in [-0.1, -0.05) is 20.8 Å². The number of piperidine rings is 1. The van der Waals surface area contributed by atoms with E-state index in [2.05, 4.69) is 5.32 Å². The molecule has 0 aliphatic carbocycles. The number of carbonyl (C=O) groups is 3. The maximum atomic E-state index is 12.2. The Bertz CT molecular complexity index is 387. The highest BCUT2D eigenvalue weighted by Gasteiger charge is 2.29. The number of nitrogens with zero attached hydrogens (tertiary/aromatic N) is 1. The first-order valence-corrected chi connectivity index (χ1v) is 7.66. The van der Waals surface area contributed by atoms with Crippen molar-refractivity contribution in [3.63, 3.8) is 0 Å². The summed E-state index contributed by atoms with van der Waals surface area (Å²) in [5, 5.41) is 11.6. The van der Waals surface area contributed by atoms with Crippen molar-refractivity contribution >= 4 is 17.8 Å². The molecular weight excluding hydrogens is 272 g/mol. The molecule has 2 N–H and O–H groups in total. The Kier molecular flexibility index (Phi) is 6.65. The maximum absolute atomic E-state index is 12.2. The number of hydrogen-bond acceptors (Lipinski definition) is 3. The average Bonchev–Trinajstić information content (AvgIpc) is 2.45. The van der Waals surface area contributed by atoms with E-state index < -0.39 is 5.97 Å². The minimum atomic E-state index is -0.903. The van der Waals surface area contributed by atoms with Crippen LogP contribution in [-0.2, 0) is 14.4 Å². The number of aliphatic carboxylic acids is 1. The van der Waals surface area contributed by atoms with E-state index in [1.165, 1.54) is 0 Å². The lowest BCUT2D eigenvalue weighted by molar-refractivity contribution is -0.139. The summed E-state index contributed by atoms with van der Waals surface area (Å²) in [6, 6.07) is -0.315. The van der Waals surface area contributed by atoms with Crippen LogP contribution in [0.4, 0.5) is 0 Å². The Morgan fingerprint density at radius 3 is 2.24 bits per heavy atom. The van der Waals surface area contributed by atoms with Gasteiger partial charge in [0, 0.05) is 31.0 Å². The molecule has 2 amide bonds. The van der Waals surface area contributed by atoms with Gasteiger partial charge in [0.1, 0.15) is 0 Å². The Labute approximate surface area is 125 Å². The molecule has 0 aromatic carbocycles. The van der Waals surface area contributed by atoms with Gasteiger partial charge in [0.15, 0.2) is 0 Å². The van der Waals surface area contributed by atoms with Crippen LogP contribution in [0.1, 0.15) is 46.5 Å². The van der Waals surface area contributed by atoms with Crippen molar-refractivity contribution in [3.05, 3.63) is 0 Å². The molecule has 1 rings (SSSR count). The molecule has 6 heteroatoms. The Hall–Kier alpha value is -1.59. The van der Waals surface area contributed by atoms with Crippen LogP contribution in [0.5, 0.6) is 0 Å². The molecule has 1 heterocycles. The standard InChI is InChI=1S/C15H26N2O4/c1-4-12(9-13(18)19)16-14(20)11-5-7-17(8-6-11)15(21)10(2)3/h10-12H,4-9H2,1-3H3,(H,16,20)(H,18,19). The normalized spacial score (nSPS) is 17.6. The number of carboxylic acids is 1. The lowest BCUT2D eigenvalue weighted by Crippen LogP contribution is -2.46. The fraction of sp³-hybridized carbons (Fsp3) is 0.800. The largest absolute Gasteiger partial charge is 0.481 e. The molecule has 1 unspecified atom stereocenters. The predicted octanol–water partition coefficient (Wildman–Crippen LogP) is 1.25. The van der Waals surface area contributed by atoms with Gasteiger partial charge in [0.05, 0.1) is 6.42 Å². The number of carboxylic acid groups (broad SMARTS) is 1. The third-order valence-corrected chi connectivity index (χ3v) is 3.93. The van der Waals surface area contributed by atoms with Gasteiger partial charge < -0.3 is 15.3 Å². The summed E-state index contributed by atoms with van der Waals surface area (Å²) < 4.78 is 0. The van der Waals surface area contributed by atoms with Gasteiger partial charge >= 0.3 is 5.97 Å². The van der Waals surface area contributed by atoms with Crippen molar-refractivity contribution in [2.75, 3.05) is 13.1 Å². The molecule has 120 valence electrons. The molecule has 0 aromatic rings. The van der Waals surface area contributed by atoms with Gasteiger partial charge in [-0.05, 0) is 19.3 Å². The molecule has 0 bridgehead atoms. The summed E-state index contributed by atoms with van der Waals surface area (Å²) in [5.74, 6) is -0.995. The number of nitrogens with one attached hydrogen (secondary N) is 1. The second kappa shape index (κ2) is 8.00. The number of hydrogen-bond donors (Lipinski definition) is 2. The smallest absolute Gasteiger partial charge is 0.305 e. The van der Waals surface area contributed by atoms with Gasteiger partial charge in [0.25, 0.3) is 0 Å². The van der Waals surface area contributed by atoms with Crippen LogP contribution >= 0.6 is 0 Å². The topological polar surface area (TPSA) is 86.7 Å². The Morgan fingerprint density at radius 2 is 1.81 bits per heavy atom. The lowest BCUT2D eigenvalue weighted by Gasteiger charge is -2.33. The van der Waals surface area contributed by atoms with Crippen molar-refractivity contribution in [2.24, 2.45) is 11.8 Å². The zero-order chi connectivity index (χ0) is 16.0. The SMILES string of the molecule is CCC(CC(=O)O)NC(=O)C1CCN(C(=O)C(C)C)CC1. The Balaban J connectivity index is 2.44. The molecule has 0 spiro atoms. The van der Waals surface area contributed by atoms with Crippen LogP contribution < -0.4 is 5.32 Å². The van der Waals surface area contributed by atoms with Crippen molar-refractivity contribution < 1.29 is 19.5 Å². The van der Waals surface area contributed by atoms with E-state index in [0.717, 1.165) is 0 Å². The number of rotatable bonds is 6. The minimum Gasteiger partial charge on any atom is -0.481 e. The number of carbonyl (C=O) groups excluding carboxylic acids is 2. The molecule has 0 saturated carbocycles. The van der Waals surface area contributed by atoms with E-state index in [9.17, 15) is 14.4 Å². The average molecular weight is 298 g/mol. The van der Waals surface area contributed by atoms with E-state index >= 15 is 0 Å². The summed E-state index contributed by atoms with van der Waals surface area (Å²) in [4.78, 5) is 36.6. The molecular formula is C15H26N2O4. The van der Waals surface area contributed by atoms with Gasteiger partial charge in [-0.2, -0.15) is 0 Å². The highest BCUT2D eigenvalue weighted by Crippen LogP contribution is 2.19. The number of likely N-dealkylation sites (tertiary alicyclic amines) is 1. The molecule has 1 fully saturated rings. The monoisotopic (exact) mass is 298 g/mol. The highest BCUT2D eigenvalue weighted by atomic mass is 16.4. The quantitative estimate of drug-likeness (QED) is 0.772. The molecule has 0 radical (unpaired) electrons. The van der Waals surface area contributed by atoms with E-state index in [4.69, 9.17) is 5.11 Å². The first kappa shape index (κ1) is 17.5. The van der Waals surface area contributed by atoms with E-state index in [1.54, 1.807) is 0 Å². The van der Waals surface area contributed by atoms with Crippen LogP contribution in [0, 0.1) is 11.8 Å². The first-order chi connectivity index (χ1) is 9.85. The summed E-state index contributed by atoms with van der Waals surface area (Å²) in [6.45, 7) is 6.81. The molecule has 21 heavy (non-hydrogen) atoms. The molecule has 6 nitrogen and oxygen atoms in total. The highest BCUT2D eigenvalue weighted by molar-refractivity contribution is 5.81. The lowest BCUT2D eigenvalue weighted by atomic mass is 9.94. The van der Waals surface area contributed by atoms with Crippen LogP contribution in [0.2, 0.25) is 0 Å². The zero-order valence-corrected chi connectivity index (χ0v) is 13.1. The third-order valence-electron chi connectivity index (χ3n) is 3.93. The van der Waals surface area contributed by atoms with Crippen LogP contribution in [0.25, 0.3) is 0 Å². The minimum absolute atomic E-state index is 0.0181. The second-order valence-corrected chi connectivity index (χ2v) is 5.97. The fourth-order valence-electron chi connectivity index (χ4n) is 2.55. The van der Waals surface area contributed by atoms with Gasteiger partial charge in [-0.15, -0.1) is 0 Å². The fourth-order valence-corrected chi connectivity index (χ4v) is 2.55. The summed E-state index contributed by atoms with van der Waals surface area (Å²) in [5.41, 5.74) is 0. The molecule has 1 aliphatic heterocycles. The van der Waals surface area contributed by atoms with Crippen LogP contribution in [-0.4, -0.2) is 46.9 Å². The second-order valence-electron chi connectivity index (χ2n) is 5.97. The van der Waals surface area contributed by atoms with Crippen molar-refractivity contribution in [2.45, 2.75) is 52.5 Å². The van der Waals surface area contributed by atoms with Crippen molar-refractivity contribution in [1.29, 1.82) is 0 Å². The predicted molar refractivity (Wildman–Crippen MR) is 78.6 cm³/mol. The third kappa shape index (κ3) is 5.36. The van der Waals surface area contributed by atoms with Crippen molar-refractivity contribution in [1.82, 2.24) is 10.2 Å². The molecule has 1 saturated heterocycles. The van der Waals surface area contributed by atoms with Gasteiger partial charge in [0.2, 0.25) is 11.8 Å². The van der Waals surface area contributed by atoms with Gasteiger partial charge in [-0.25, -0.2) is 0 Å². The van der Waals surface area contributed by atoms with Crippen molar-refractivity contribution in [3.8, 4) is 0 Å². The zero-order valence-electron chi connectivity index (χ0n) is 13.1. The summed E-state index contributed by atoms with van der Waals surface area (Å²) >= 11 is 0. The molecule has 1 atom stereocenters. The molecule has 1 aliphatic rings. The Morgan fingerprint density at radius 1 is 1.24 bits per heavy atom. The first-order valence-electron chi connectivity index (χ1n) is 7.66. The van der Waals surface area contributed by atoms with Gasteiger partial charge in [-0.3, -0.25) is 14.4 Å².